The zero-order chi connectivity index (χ0) is 9.97. The van der Waals surface area contributed by atoms with Crippen molar-refractivity contribution in [2.75, 3.05) is 26.7 Å². The Balaban J connectivity index is 2.20. The molecular formula is C9H17N5. The molecule has 78 valence electrons. The van der Waals surface area contributed by atoms with Crippen molar-refractivity contribution in [1.29, 1.82) is 0 Å². The zero-order valence-corrected chi connectivity index (χ0v) is 8.77. The maximum absolute atomic E-state index is 4.33. The Morgan fingerprint density at radius 3 is 3.21 bits per heavy atom. The van der Waals surface area contributed by atoms with Gasteiger partial charge >= 0.3 is 0 Å². The lowest BCUT2D eigenvalue weighted by molar-refractivity contribution is 0.189. The minimum absolute atomic E-state index is 0.367. The van der Waals surface area contributed by atoms with E-state index in [-0.39, 0.29) is 0 Å². The summed E-state index contributed by atoms with van der Waals surface area (Å²) >= 11 is 0. The highest BCUT2D eigenvalue weighted by Crippen LogP contribution is 2.17. The van der Waals surface area contributed by atoms with Crippen LogP contribution >= 0.6 is 0 Å². The molecule has 5 nitrogen and oxygen atoms in total. The molecule has 1 atom stereocenters. The summed E-state index contributed by atoms with van der Waals surface area (Å²) in [5, 5.41) is 7.58. The molecule has 1 aromatic heterocycles. The van der Waals surface area contributed by atoms with E-state index >= 15 is 0 Å². The van der Waals surface area contributed by atoms with Crippen LogP contribution in [-0.4, -0.2) is 46.3 Å². The number of aryl methyl sites for hydroxylation is 1. The molecule has 1 aromatic rings. The molecule has 0 bridgehead atoms. The number of nitrogens with one attached hydrogen (secondary N) is 1. The Kier molecular flexibility index (Phi) is 2.79. The van der Waals surface area contributed by atoms with E-state index in [4.69, 9.17) is 0 Å². The molecule has 1 aliphatic heterocycles. The summed E-state index contributed by atoms with van der Waals surface area (Å²) in [6.07, 6.45) is 1.64. The molecule has 1 N–H and O–H groups in total. The molecular weight excluding hydrogens is 178 g/mol. The van der Waals surface area contributed by atoms with Crippen LogP contribution in [0.15, 0.2) is 6.33 Å². The first-order valence-corrected chi connectivity index (χ1v) is 5.11. The second-order valence-electron chi connectivity index (χ2n) is 3.63. The van der Waals surface area contributed by atoms with Gasteiger partial charge in [0, 0.05) is 26.2 Å². The molecule has 0 saturated carbocycles. The molecule has 2 rings (SSSR count). The van der Waals surface area contributed by atoms with Crippen LogP contribution < -0.4 is 5.32 Å². The minimum atomic E-state index is 0.367. The maximum atomic E-state index is 4.33. The standard InChI is InChI=1S/C9H17N5/c1-3-14-9(11-7-12-14)8-6-10-4-5-13(8)2/h7-8,10H,3-6H2,1-2H3. The molecule has 0 spiro atoms. The normalized spacial score (nSPS) is 24.0. The first-order chi connectivity index (χ1) is 6.83. The van der Waals surface area contributed by atoms with Gasteiger partial charge in [0.2, 0.25) is 0 Å². The van der Waals surface area contributed by atoms with E-state index in [0.717, 1.165) is 32.0 Å². The largest absolute Gasteiger partial charge is 0.313 e. The third-order valence-corrected chi connectivity index (χ3v) is 2.75. The lowest BCUT2D eigenvalue weighted by atomic mass is 10.2. The van der Waals surface area contributed by atoms with E-state index in [1.54, 1.807) is 6.33 Å². The molecule has 5 heteroatoms. The molecule has 1 aliphatic rings. The van der Waals surface area contributed by atoms with Crippen LogP contribution in [-0.2, 0) is 6.54 Å². The van der Waals surface area contributed by atoms with Crippen LogP contribution in [0.1, 0.15) is 18.8 Å². The summed E-state index contributed by atoms with van der Waals surface area (Å²) in [5.41, 5.74) is 0. The van der Waals surface area contributed by atoms with Gasteiger partial charge in [-0.2, -0.15) is 5.10 Å². The van der Waals surface area contributed by atoms with Gasteiger partial charge in [0.25, 0.3) is 0 Å². The van der Waals surface area contributed by atoms with E-state index in [9.17, 15) is 0 Å². The highest BCUT2D eigenvalue weighted by molar-refractivity contribution is 4.97. The highest BCUT2D eigenvalue weighted by Gasteiger charge is 2.24. The summed E-state index contributed by atoms with van der Waals surface area (Å²) in [6.45, 7) is 6.08. The topological polar surface area (TPSA) is 46.0 Å². The second-order valence-corrected chi connectivity index (χ2v) is 3.63. The van der Waals surface area contributed by atoms with Crippen LogP contribution in [0, 0.1) is 0 Å². The van der Waals surface area contributed by atoms with Gasteiger partial charge in [0.05, 0.1) is 6.04 Å². The van der Waals surface area contributed by atoms with Crippen molar-refractivity contribution >= 4 is 0 Å². The Morgan fingerprint density at radius 1 is 1.64 bits per heavy atom. The van der Waals surface area contributed by atoms with Crippen LogP contribution in [0.5, 0.6) is 0 Å². The fourth-order valence-corrected chi connectivity index (χ4v) is 1.87. The van der Waals surface area contributed by atoms with E-state index in [1.807, 2.05) is 4.68 Å². The van der Waals surface area contributed by atoms with Gasteiger partial charge in [-0.3, -0.25) is 4.90 Å². The molecule has 2 heterocycles. The van der Waals surface area contributed by atoms with Crippen molar-refractivity contribution < 1.29 is 0 Å². The smallest absolute Gasteiger partial charge is 0.145 e. The summed E-state index contributed by atoms with van der Waals surface area (Å²) in [7, 11) is 2.14. The second kappa shape index (κ2) is 4.06. The highest BCUT2D eigenvalue weighted by atomic mass is 15.4. The number of aromatic nitrogens is 3. The number of piperazine rings is 1. The molecule has 0 radical (unpaired) electrons. The Bertz CT molecular complexity index is 295. The summed E-state index contributed by atoms with van der Waals surface area (Å²) in [5.74, 6) is 1.07. The van der Waals surface area contributed by atoms with Gasteiger partial charge < -0.3 is 5.32 Å². The molecule has 1 fully saturated rings. The van der Waals surface area contributed by atoms with Crippen LogP contribution in [0.25, 0.3) is 0 Å². The Morgan fingerprint density at radius 2 is 2.50 bits per heavy atom. The molecule has 0 amide bonds. The first-order valence-electron chi connectivity index (χ1n) is 5.11. The fraction of sp³-hybridized carbons (Fsp3) is 0.778. The van der Waals surface area contributed by atoms with Crippen molar-refractivity contribution in [3.63, 3.8) is 0 Å². The van der Waals surface area contributed by atoms with E-state index in [2.05, 4.69) is 34.3 Å². The quantitative estimate of drug-likeness (QED) is 0.714. The van der Waals surface area contributed by atoms with Crippen LogP contribution in [0.3, 0.4) is 0 Å². The SMILES string of the molecule is CCn1ncnc1C1CNCCN1C. The summed E-state index contributed by atoms with van der Waals surface area (Å²) < 4.78 is 1.97. The number of rotatable bonds is 2. The van der Waals surface area contributed by atoms with Crippen molar-refractivity contribution in [3.05, 3.63) is 12.2 Å². The monoisotopic (exact) mass is 195 g/mol. The van der Waals surface area contributed by atoms with Gasteiger partial charge in [0.1, 0.15) is 12.2 Å². The van der Waals surface area contributed by atoms with E-state index in [1.165, 1.54) is 0 Å². The van der Waals surface area contributed by atoms with E-state index < -0.39 is 0 Å². The number of likely N-dealkylation sites (N-methyl/N-ethyl adjacent to an activating group) is 1. The van der Waals surface area contributed by atoms with Gasteiger partial charge in [-0.1, -0.05) is 0 Å². The predicted octanol–water partition coefficient (Wildman–Crippen LogP) is -0.126. The van der Waals surface area contributed by atoms with Gasteiger partial charge in [-0.25, -0.2) is 9.67 Å². The van der Waals surface area contributed by atoms with Gasteiger partial charge in [0.15, 0.2) is 0 Å². The van der Waals surface area contributed by atoms with E-state index in [0.29, 0.717) is 6.04 Å². The van der Waals surface area contributed by atoms with Gasteiger partial charge in [-0.05, 0) is 14.0 Å². The van der Waals surface area contributed by atoms with Gasteiger partial charge in [-0.15, -0.1) is 0 Å². The minimum Gasteiger partial charge on any atom is -0.313 e. The van der Waals surface area contributed by atoms with Crippen LogP contribution in [0.4, 0.5) is 0 Å². The van der Waals surface area contributed by atoms with Crippen molar-refractivity contribution in [2.24, 2.45) is 0 Å². The third-order valence-electron chi connectivity index (χ3n) is 2.75. The molecule has 1 saturated heterocycles. The average molecular weight is 195 g/mol. The van der Waals surface area contributed by atoms with Crippen molar-refractivity contribution in [3.8, 4) is 0 Å². The fourth-order valence-electron chi connectivity index (χ4n) is 1.87. The maximum Gasteiger partial charge on any atom is 0.145 e. The number of hydrogen-bond acceptors (Lipinski definition) is 4. The lowest BCUT2D eigenvalue weighted by Crippen LogP contribution is -2.44. The summed E-state index contributed by atoms with van der Waals surface area (Å²) in [6, 6.07) is 0.367. The molecule has 0 aliphatic carbocycles. The number of hydrogen-bond donors (Lipinski definition) is 1. The molecule has 14 heavy (non-hydrogen) atoms. The Labute approximate surface area is 84.1 Å². The molecule has 0 aromatic carbocycles. The zero-order valence-electron chi connectivity index (χ0n) is 8.77. The first kappa shape index (κ1) is 9.61. The Hall–Kier alpha value is -0.940. The lowest BCUT2D eigenvalue weighted by Gasteiger charge is -2.32. The number of nitrogens with zero attached hydrogens (tertiary/aromatic N) is 4. The summed E-state index contributed by atoms with van der Waals surface area (Å²) in [4.78, 5) is 6.66. The van der Waals surface area contributed by atoms with Crippen molar-refractivity contribution in [1.82, 2.24) is 25.0 Å². The third kappa shape index (κ3) is 1.65. The molecule has 1 unspecified atom stereocenters. The van der Waals surface area contributed by atoms with Crippen molar-refractivity contribution in [2.45, 2.75) is 19.5 Å². The predicted molar refractivity (Wildman–Crippen MR) is 53.9 cm³/mol. The van der Waals surface area contributed by atoms with Crippen LogP contribution in [0.2, 0.25) is 0 Å². The average Bonchev–Trinajstić information content (AvgIpc) is 2.66.